The van der Waals surface area contributed by atoms with Crippen molar-refractivity contribution < 1.29 is 14.6 Å². The van der Waals surface area contributed by atoms with E-state index in [1.165, 1.54) is 0 Å². The van der Waals surface area contributed by atoms with E-state index in [2.05, 4.69) is 4.98 Å². The van der Waals surface area contributed by atoms with Crippen LogP contribution in [0.2, 0.25) is 5.02 Å². The molecule has 0 amide bonds. The van der Waals surface area contributed by atoms with Gasteiger partial charge in [0.15, 0.2) is 0 Å². The topological polar surface area (TPSA) is 51.6 Å². The van der Waals surface area contributed by atoms with Crippen molar-refractivity contribution in [2.75, 3.05) is 13.0 Å². The van der Waals surface area contributed by atoms with Crippen molar-refractivity contribution in [3.8, 4) is 17.4 Å². The Morgan fingerprint density at radius 3 is 2.55 bits per heavy atom. The first-order valence-electron chi connectivity index (χ1n) is 5.85. The Balaban J connectivity index is 2.15. The summed E-state index contributed by atoms with van der Waals surface area (Å²) in [5.41, 5.74) is 0.571. The third-order valence-electron chi connectivity index (χ3n) is 2.63. The van der Waals surface area contributed by atoms with E-state index in [1.807, 2.05) is 0 Å². The van der Waals surface area contributed by atoms with Gasteiger partial charge in [-0.1, -0.05) is 17.7 Å². The van der Waals surface area contributed by atoms with Gasteiger partial charge in [0.1, 0.15) is 11.5 Å². The van der Waals surface area contributed by atoms with Crippen molar-refractivity contribution in [1.82, 2.24) is 4.98 Å². The Hall–Kier alpha value is -1.49. The highest BCUT2D eigenvalue weighted by Gasteiger charge is 2.11. The normalized spacial score (nSPS) is 12.0. The first kappa shape index (κ1) is 14.9. The number of rotatable bonds is 5. The summed E-state index contributed by atoms with van der Waals surface area (Å²) in [6.45, 7) is 0. The number of aromatic nitrogens is 1. The lowest BCUT2D eigenvalue weighted by atomic mass is 10.1. The molecule has 0 aliphatic heterocycles. The molecule has 0 radical (unpaired) electrons. The van der Waals surface area contributed by atoms with Crippen LogP contribution in [-0.2, 0) is 0 Å². The number of nitrogens with zero attached hydrogens (tertiary/aromatic N) is 1. The molecule has 1 aromatic carbocycles. The molecule has 1 unspecified atom stereocenters. The van der Waals surface area contributed by atoms with Crippen LogP contribution >= 0.6 is 23.2 Å². The van der Waals surface area contributed by atoms with Gasteiger partial charge in [-0.05, 0) is 18.2 Å². The monoisotopic (exact) mass is 313 g/mol. The van der Waals surface area contributed by atoms with E-state index in [1.54, 1.807) is 43.6 Å². The summed E-state index contributed by atoms with van der Waals surface area (Å²) in [6.07, 6.45) is 0.759. The molecule has 0 fully saturated rings. The zero-order valence-electron chi connectivity index (χ0n) is 10.7. The van der Waals surface area contributed by atoms with Crippen LogP contribution < -0.4 is 9.47 Å². The number of halogens is 2. The first-order valence-corrected chi connectivity index (χ1v) is 6.76. The molecule has 4 nitrogen and oxygen atoms in total. The predicted octanol–water partition coefficient (Wildman–Crippen LogP) is 3.81. The van der Waals surface area contributed by atoms with Crippen LogP contribution in [0.3, 0.4) is 0 Å². The highest BCUT2D eigenvalue weighted by Crippen LogP contribution is 2.30. The van der Waals surface area contributed by atoms with Gasteiger partial charge in [0.25, 0.3) is 0 Å². The van der Waals surface area contributed by atoms with Gasteiger partial charge in [-0.2, -0.15) is 0 Å². The van der Waals surface area contributed by atoms with Gasteiger partial charge < -0.3 is 14.6 Å². The maximum atomic E-state index is 9.67. The molecule has 20 heavy (non-hydrogen) atoms. The van der Waals surface area contributed by atoms with Crippen molar-refractivity contribution in [3.63, 3.8) is 0 Å². The molecule has 0 saturated heterocycles. The van der Waals surface area contributed by atoms with E-state index < -0.39 is 6.10 Å². The van der Waals surface area contributed by atoms with E-state index in [0.29, 0.717) is 28.0 Å². The fourth-order valence-electron chi connectivity index (χ4n) is 1.61. The van der Waals surface area contributed by atoms with Crippen LogP contribution in [0.4, 0.5) is 0 Å². The van der Waals surface area contributed by atoms with Crippen molar-refractivity contribution in [2.45, 2.75) is 6.10 Å². The fraction of sp³-hybridized carbons (Fsp3) is 0.214. The van der Waals surface area contributed by atoms with Crippen molar-refractivity contribution in [3.05, 3.63) is 47.1 Å². The average molecular weight is 314 g/mol. The molecule has 0 aliphatic carbocycles. The van der Waals surface area contributed by atoms with Gasteiger partial charge in [-0.25, -0.2) is 4.98 Å². The zero-order valence-corrected chi connectivity index (χ0v) is 12.2. The van der Waals surface area contributed by atoms with Crippen LogP contribution in [0, 0.1) is 0 Å². The Kier molecular flexibility index (Phi) is 5.06. The van der Waals surface area contributed by atoms with Crippen molar-refractivity contribution >= 4 is 23.2 Å². The lowest BCUT2D eigenvalue weighted by Gasteiger charge is -2.11. The number of hydrogen-bond donors (Lipinski definition) is 1. The minimum absolute atomic E-state index is 0.0856. The maximum absolute atomic E-state index is 9.67. The summed E-state index contributed by atoms with van der Waals surface area (Å²) in [5.74, 6) is 1.71. The van der Waals surface area contributed by atoms with E-state index in [0.717, 1.165) is 0 Å². The zero-order chi connectivity index (χ0) is 14.5. The number of aliphatic hydroxyl groups is 1. The Morgan fingerprint density at radius 2 is 2.00 bits per heavy atom. The summed E-state index contributed by atoms with van der Waals surface area (Å²) in [7, 11) is 1.55. The second-order valence-electron chi connectivity index (χ2n) is 3.99. The number of hydrogen-bond acceptors (Lipinski definition) is 4. The van der Waals surface area contributed by atoms with Gasteiger partial charge in [0, 0.05) is 11.6 Å². The van der Waals surface area contributed by atoms with Gasteiger partial charge >= 0.3 is 0 Å². The summed E-state index contributed by atoms with van der Waals surface area (Å²) >= 11 is 11.7. The number of aliphatic hydroxyl groups excluding tert-OH is 1. The lowest BCUT2D eigenvalue weighted by molar-refractivity contribution is 0.202. The van der Waals surface area contributed by atoms with Crippen molar-refractivity contribution in [1.29, 1.82) is 0 Å². The highest BCUT2D eigenvalue weighted by molar-refractivity contribution is 6.31. The minimum Gasteiger partial charge on any atom is -0.481 e. The highest BCUT2D eigenvalue weighted by atomic mass is 35.5. The molecular weight excluding hydrogens is 301 g/mol. The third kappa shape index (κ3) is 3.54. The van der Waals surface area contributed by atoms with E-state index in [9.17, 15) is 5.11 Å². The molecule has 1 N–H and O–H groups in total. The Labute approximate surface area is 126 Å². The van der Waals surface area contributed by atoms with E-state index in [-0.39, 0.29) is 5.88 Å². The summed E-state index contributed by atoms with van der Waals surface area (Å²) in [5, 5.41) is 10.1. The van der Waals surface area contributed by atoms with Gasteiger partial charge in [-0.15, -0.1) is 11.6 Å². The smallest absolute Gasteiger partial charge is 0.213 e. The molecule has 1 atom stereocenters. The molecule has 0 saturated carbocycles. The molecular formula is C14H13Cl2NO3. The number of alkyl halides is 1. The van der Waals surface area contributed by atoms with Crippen LogP contribution in [0.25, 0.3) is 0 Å². The molecule has 2 aromatic rings. The second-order valence-corrected chi connectivity index (χ2v) is 4.71. The number of pyridine rings is 1. The van der Waals surface area contributed by atoms with E-state index in [4.69, 9.17) is 32.7 Å². The van der Waals surface area contributed by atoms with Gasteiger partial charge in [-0.3, -0.25) is 0 Å². The Bertz CT molecular complexity index is 575. The molecule has 0 aliphatic rings. The summed E-state index contributed by atoms with van der Waals surface area (Å²) < 4.78 is 10.6. The average Bonchev–Trinajstić information content (AvgIpc) is 2.47. The van der Waals surface area contributed by atoms with Gasteiger partial charge in [0.2, 0.25) is 5.88 Å². The third-order valence-corrected chi connectivity index (χ3v) is 3.25. The van der Waals surface area contributed by atoms with Crippen LogP contribution in [0.5, 0.6) is 17.4 Å². The van der Waals surface area contributed by atoms with Gasteiger partial charge in [0.05, 0.1) is 30.3 Å². The molecule has 1 heterocycles. The molecule has 1 aromatic heterocycles. The molecule has 2 rings (SSSR count). The Morgan fingerprint density at radius 1 is 1.25 bits per heavy atom. The standard InChI is InChI=1S/C14H13Cl2NO3/c1-19-14-5-3-10(8-17-14)20-9-2-4-11(12(16)6-9)13(18)7-15/h2-6,8,13,18H,7H2,1H3. The predicted molar refractivity (Wildman–Crippen MR) is 78.0 cm³/mol. The minimum atomic E-state index is -0.791. The number of methoxy groups -OCH3 is 1. The summed E-state index contributed by atoms with van der Waals surface area (Å²) in [4.78, 5) is 4.04. The quantitative estimate of drug-likeness (QED) is 0.853. The maximum Gasteiger partial charge on any atom is 0.213 e. The first-order chi connectivity index (χ1) is 9.63. The fourth-order valence-corrected chi connectivity index (χ4v) is 2.07. The van der Waals surface area contributed by atoms with Crippen LogP contribution in [-0.4, -0.2) is 23.1 Å². The second kappa shape index (κ2) is 6.79. The molecule has 106 valence electrons. The number of ether oxygens (including phenoxy) is 2. The van der Waals surface area contributed by atoms with Crippen molar-refractivity contribution in [2.24, 2.45) is 0 Å². The van der Waals surface area contributed by atoms with E-state index >= 15 is 0 Å². The SMILES string of the molecule is COc1ccc(Oc2ccc(C(O)CCl)c(Cl)c2)cn1. The molecule has 0 bridgehead atoms. The lowest BCUT2D eigenvalue weighted by Crippen LogP contribution is -1.99. The molecule has 6 heteroatoms. The van der Waals surface area contributed by atoms with Crippen LogP contribution in [0.15, 0.2) is 36.5 Å². The summed E-state index contributed by atoms with van der Waals surface area (Å²) in [6, 6.07) is 8.45. The largest absolute Gasteiger partial charge is 0.481 e. The molecule has 0 spiro atoms. The number of benzene rings is 1. The van der Waals surface area contributed by atoms with Crippen LogP contribution in [0.1, 0.15) is 11.7 Å².